The Morgan fingerprint density at radius 2 is 1.74 bits per heavy atom. The lowest BCUT2D eigenvalue weighted by atomic mass is 9.97. The fourth-order valence-electron chi connectivity index (χ4n) is 2.37. The number of hydrogen-bond donors (Lipinski definition) is 2. The average Bonchev–Trinajstić information content (AvgIpc) is 2.60. The zero-order valence-electron chi connectivity index (χ0n) is 14.8. The fourth-order valence-corrected chi connectivity index (χ4v) is 3.04. The molecule has 148 valence electrons. The van der Waals surface area contributed by atoms with Gasteiger partial charge in [0.15, 0.2) is 21.5 Å². The number of carbonyl (C=O) groups excluding carboxylic acids is 1. The molecular formula is C18H21ClF2N2O3S. The quantitative estimate of drug-likeness (QED) is 0.754. The van der Waals surface area contributed by atoms with Gasteiger partial charge in [0.2, 0.25) is 5.91 Å². The predicted molar refractivity (Wildman–Crippen MR) is 101 cm³/mol. The van der Waals surface area contributed by atoms with Gasteiger partial charge in [-0.15, -0.1) is 12.4 Å². The van der Waals surface area contributed by atoms with E-state index < -0.39 is 33.4 Å². The molecule has 2 rings (SSSR count). The van der Waals surface area contributed by atoms with Gasteiger partial charge in [0, 0.05) is 18.7 Å². The van der Waals surface area contributed by atoms with E-state index in [4.69, 9.17) is 5.73 Å². The Bertz CT molecular complexity index is 923. The van der Waals surface area contributed by atoms with Crippen LogP contribution in [0, 0.1) is 17.6 Å². The molecule has 0 radical (unpaired) electrons. The Hall–Kier alpha value is -2.03. The van der Waals surface area contributed by atoms with E-state index in [0.717, 1.165) is 18.4 Å². The van der Waals surface area contributed by atoms with Gasteiger partial charge in [-0.25, -0.2) is 17.2 Å². The molecule has 2 unspecified atom stereocenters. The lowest BCUT2D eigenvalue weighted by molar-refractivity contribution is -0.124. The van der Waals surface area contributed by atoms with Crippen molar-refractivity contribution in [2.24, 2.45) is 11.7 Å². The minimum absolute atomic E-state index is 0. The van der Waals surface area contributed by atoms with Gasteiger partial charge in [0.25, 0.3) is 0 Å². The van der Waals surface area contributed by atoms with Gasteiger partial charge in [-0.1, -0.05) is 25.1 Å². The molecule has 0 aromatic heterocycles. The number of benzene rings is 2. The van der Waals surface area contributed by atoms with Gasteiger partial charge >= 0.3 is 0 Å². The van der Waals surface area contributed by atoms with Crippen LogP contribution < -0.4 is 11.1 Å². The summed E-state index contributed by atoms with van der Waals surface area (Å²) in [6, 6.07) is 8.36. The largest absolute Gasteiger partial charge is 0.345 e. The SMILES string of the molecule is CC(CN)C(=O)NC(c1cccc(S(C)(=O)=O)c1)c1ccc(F)c(F)c1.Cl. The maximum Gasteiger partial charge on any atom is 0.224 e. The zero-order chi connectivity index (χ0) is 19.5. The Morgan fingerprint density at radius 3 is 2.30 bits per heavy atom. The van der Waals surface area contributed by atoms with Crippen LogP contribution in [0.25, 0.3) is 0 Å². The van der Waals surface area contributed by atoms with Gasteiger partial charge < -0.3 is 11.1 Å². The molecule has 0 aliphatic carbocycles. The first-order chi connectivity index (χ1) is 12.1. The summed E-state index contributed by atoms with van der Waals surface area (Å²) in [5, 5.41) is 2.72. The van der Waals surface area contributed by atoms with Crippen LogP contribution in [0.15, 0.2) is 47.4 Å². The van der Waals surface area contributed by atoms with Crippen LogP contribution in [-0.4, -0.2) is 27.1 Å². The van der Waals surface area contributed by atoms with Crippen molar-refractivity contribution in [1.82, 2.24) is 5.32 Å². The van der Waals surface area contributed by atoms with Crippen molar-refractivity contribution < 1.29 is 22.0 Å². The normalized spacial score (nSPS) is 13.4. The minimum atomic E-state index is -3.47. The van der Waals surface area contributed by atoms with Crippen LogP contribution in [0.5, 0.6) is 0 Å². The summed E-state index contributed by atoms with van der Waals surface area (Å²) in [5.74, 6) is -2.96. The van der Waals surface area contributed by atoms with Crippen LogP contribution >= 0.6 is 12.4 Å². The molecule has 0 saturated heterocycles. The Morgan fingerprint density at radius 1 is 1.11 bits per heavy atom. The summed E-state index contributed by atoms with van der Waals surface area (Å²) < 4.78 is 50.6. The zero-order valence-corrected chi connectivity index (χ0v) is 16.4. The van der Waals surface area contributed by atoms with Crippen LogP contribution in [0.4, 0.5) is 8.78 Å². The molecule has 2 aromatic rings. The monoisotopic (exact) mass is 418 g/mol. The topological polar surface area (TPSA) is 89.3 Å². The lowest BCUT2D eigenvalue weighted by Crippen LogP contribution is -2.36. The highest BCUT2D eigenvalue weighted by Gasteiger charge is 2.22. The molecule has 1 amide bonds. The number of nitrogens with one attached hydrogen (secondary N) is 1. The second-order valence-corrected chi connectivity index (χ2v) is 8.11. The first-order valence-electron chi connectivity index (χ1n) is 7.89. The summed E-state index contributed by atoms with van der Waals surface area (Å²) >= 11 is 0. The third kappa shape index (κ3) is 5.72. The third-order valence-electron chi connectivity index (χ3n) is 3.98. The predicted octanol–water partition coefficient (Wildman–Crippen LogP) is 2.59. The minimum Gasteiger partial charge on any atom is -0.345 e. The van der Waals surface area contributed by atoms with Crippen molar-refractivity contribution in [3.63, 3.8) is 0 Å². The van der Waals surface area contributed by atoms with E-state index in [-0.39, 0.29) is 35.3 Å². The average molecular weight is 419 g/mol. The molecule has 0 spiro atoms. The molecule has 0 fully saturated rings. The van der Waals surface area contributed by atoms with E-state index in [1.807, 2.05) is 0 Å². The fraction of sp³-hybridized carbons (Fsp3) is 0.278. The van der Waals surface area contributed by atoms with Crippen molar-refractivity contribution in [2.75, 3.05) is 12.8 Å². The van der Waals surface area contributed by atoms with Gasteiger partial charge in [-0.3, -0.25) is 4.79 Å². The Balaban J connectivity index is 0.00000364. The van der Waals surface area contributed by atoms with Crippen molar-refractivity contribution >= 4 is 28.2 Å². The second kappa shape index (κ2) is 9.25. The lowest BCUT2D eigenvalue weighted by Gasteiger charge is -2.22. The smallest absolute Gasteiger partial charge is 0.224 e. The molecule has 0 bridgehead atoms. The maximum atomic E-state index is 13.7. The Kier molecular flexibility index (Phi) is 7.89. The number of rotatable bonds is 6. The summed E-state index contributed by atoms with van der Waals surface area (Å²) in [5.41, 5.74) is 6.21. The van der Waals surface area contributed by atoms with Crippen molar-refractivity contribution in [3.8, 4) is 0 Å². The van der Waals surface area contributed by atoms with E-state index in [9.17, 15) is 22.0 Å². The van der Waals surface area contributed by atoms with Gasteiger partial charge in [-0.05, 0) is 35.4 Å². The molecule has 0 aliphatic rings. The highest BCUT2D eigenvalue weighted by atomic mass is 35.5. The van der Waals surface area contributed by atoms with Crippen LogP contribution in [0.3, 0.4) is 0 Å². The molecule has 9 heteroatoms. The van der Waals surface area contributed by atoms with Gasteiger partial charge in [0.05, 0.1) is 10.9 Å². The summed E-state index contributed by atoms with van der Waals surface area (Å²) in [7, 11) is -3.47. The molecule has 2 atom stereocenters. The molecule has 0 heterocycles. The van der Waals surface area contributed by atoms with E-state index in [2.05, 4.69) is 5.32 Å². The molecule has 27 heavy (non-hydrogen) atoms. The molecule has 2 aromatic carbocycles. The number of hydrogen-bond acceptors (Lipinski definition) is 4. The van der Waals surface area contributed by atoms with E-state index in [1.165, 1.54) is 24.3 Å². The first kappa shape index (κ1) is 23.0. The van der Waals surface area contributed by atoms with Crippen LogP contribution in [-0.2, 0) is 14.6 Å². The van der Waals surface area contributed by atoms with Gasteiger partial charge in [0.1, 0.15) is 0 Å². The van der Waals surface area contributed by atoms with Crippen LogP contribution in [0.1, 0.15) is 24.1 Å². The summed E-state index contributed by atoms with van der Waals surface area (Å²) in [6.45, 7) is 1.74. The van der Waals surface area contributed by atoms with Crippen molar-refractivity contribution in [1.29, 1.82) is 0 Å². The van der Waals surface area contributed by atoms with Crippen molar-refractivity contribution in [2.45, 2.75) is 17.9 Å². The van der Waals surface area contributed by atoms with Crippen LogP contribution in [0.2, 0.25) is 0 Å². The standard InChI is InChI=1S/C18H20F2N2O3S.ClH/c1-11(10-21)18(23)22-17(13-6-7-15(19)16(20)9-13)12-4-3-5-14(8-12)26(2,24)25;/h3-9,11,17H,10,21H2,1-2H3,(H,22,23);1H. The number of carbonyl (C=O) groups is 1. The van der Waals surface area contributed by atoms with E-state index >= 15 is 0 Å². The molecule has 3 N–H and O–H groups in total. The highest BCUT2D eigenvalue weighted by molar-refractivity contribution is 7.90. The van der Waals surface area contributed by atoms with Crippen molar-refractivity contribution in [3.05, 3.63) is 65.2 Å². The highest BCUT2D eigenvalue weighted by Crippen LogP contribution is 2.26. The molecule has 0 aliphatic heterocycles. The molecule has 5 nitrogen and oxygen atoms in total. The third-order valence-corrected chi connectivity index (χ3v) is 5.09. The first-order valence-corrected chi connectivity index (χ1v) is 9.78. The molecular weight excluding hydrogens is 398 g/mol. The van der Waals surface area contributed by atoms with E-state index in [1.54, 1.807) is 13.0 Å². The summed E-state index contributed by atoms with van der Waals surface area (Å²) in [6.07, 6.45) is 1.06. The number of nitrogens with two attached hydrogens (primary N) is 1. The second-order valence-electron chi connectivity index (χ2n) is 6.10. The van der Waals surface area contributed by atoms with Gasteiger partial charge in [-0.2, -0.15) is 0 Å². The number of amides is 1. The molecule has 0 saturated carbocycles. The van der Waals surface area contributed by atoms with E-state index in [0.29, 0.717) is 5.56 Å². The maximum absolute atomic E-state index is 13.7. The number of sulfone groups is 1. The summed E-state index contributed by atoms with van der Waals surface area (Å²) in [4.78, 5) is 12.3. The Labute approximate surface area is 163 Å². The number of halogens is 3.